The highest BCUT2D eigenvalue weighted by atomic mass is 32.2. The van der Waals surface area contributed by atoms with Crippen molar-refractivity contribution >= 4 is 28.4 Å². The predicted molar refractivity (Wildman–Crippen MR) is 98.1 cm³/mol. The van der Waals surface area contributed by atoms with Crippen molar-refractivity contribution in [3.05, 3.63) is 53.7 Å². The third-order valence-electron chi connectivity index (χ3n) is 4.11. The van der Waals surface area contributed by atoms with Crippen LogP contribution in [0, 0.1) is 13.8 Å². The van der Waals surface area contributed by atoms with Crippen molar-refractivity contribution in [1.82, 2.24) is 24.5 Å². The van der Waals surface area contributed by atoms with E-state index in [2.05, 4.69) is 52.2 Å². The van der Waals surface area contributed by atoms with Gasteiger partial charge in [0.2, 0.25) is 0 Å². The molecule has 0 bridgehead atoms. The van der Waals surface area contributed by atoms with E-state index in [1.54, 1.807) is 11.9 Å². The largest absolute Gasteiger partial charge is 0.263 e. The van der Waals surface area contributed by atoms with Gasteiger partial charge in [-0.2, -0.15) is 9.61 Å². The van der Waals surface area contributed by atoms with Crippen LogP contribution < -0.4 is 4.72 Å². The summed E-state index contributed by atoms with van der Waals surface area (Å²) in [6.07, 6.45) is 0. The van der Waals surface area contributed by atoms with Crippen LogP contribution in [0.2, 0.25) is 0 Å². The minimum atomic E-state index is 0.761. The molecule has 0 amide bonds. The molecule has 0 aliphatic carbocycles. The van der Waals surface area contributed by atoms with Gasteiger partial charge < -0.3 is 0 Å². The van der Waals surface area contributed by atoms with Gasteiger partial charge in [-0.05, 0) is 44.5 Å². The quantitative estimate of drug-likeness (QED) is 0.577. The van der Waals surface area contributed by atoms with E-state index in [0.717, 1.165) is 33.5 Å². The number of hydrogen-bond donors (Lipinski definition) is 1. The number of nitrogens with zero attached hydrogens (tertiary/aromatic N) is 4. The summed E-state index contributed by atoms with van der Waals surface area (Å²) >= 11 is 1.60. The Kier molecular flexibility index (Phi) is 3.70. The van der Waals surface area contributed by atoms with Crippen LogP contribution in [0.1, 0.15) is 11.3 Å². The maximum Gasteiger partial charge on any atom is 0.186 e. The number of fused-ring (bicyclic) bond motifs is 3. The Labute approximate surface area is 144 Å². The lowest BCUT2D eigenvalue weighted by atomic mass is 10.1. The molecule has 0 aliphatic heterocycles. The topological polar surface area (TPSA) is 55.1 Å². The average Bonchev–Trinajstić information content (AvgIpc) is 3.01. The van der Waals surface area contributed by atoms with E-state index >= 15 is 0 Å². The minimum absolute atomic E-state index is 0.761. The first-order valence-corrected chi connectivity index (χ1v) is 8.56. The highest BCUT2D eigenvalue weighted by Crippen LogP contribution is 2.28. The second-order valence-electron chi connectivity index (χ2n) is 5.68. The molecule has 0 radical (unpaired) electrons. The molecule has 4 rings (SSSR count). The second-order valence-corrected chi connectivity index (χ2v) is 6.73. The predicted octanol–water partition coefficient (Wildman–Crippen LogP) is 3.79. The monoisotopic (exact) mass is 335 g/mol. The SMILES string of the molecule is CNSc1cc(-c2nnc3c4ccccc4c(C)nn23)ccc1C. The Balaban J connectivity index is 1.97. The van der Waals surface area contributed by atoms with Gasteiger partial charge in [-0.25, -0.2) is 0 Å². The maximum atomic E-state index is 4.71. The molecule has 2 aromatic carbocycles. The first-order valence-electron chi connectivity index (χ1n) is 7.74. The van der Waals surface area contributed by atoms with E-state index in [1.807, 2.05) is 30.6 Å². The Morgan fingerprint density at radius 3 is 2.58 bits per heavy atom. The highest BCUT2D eigenvalue weighted by molar-refractivity contribution is 7.97. The van der Waals surface area contributed by atoms with Crippen molar-refractivity contribution in [1.29, 1.82) is 0 Å². The zero-order valence-electron chi connectivity index (χ0n) is 13.7. The van der Waals surface area contributed by atoms with Crippen molar-refractivity contribution in [2.75, 3.05) is 7.05 Å². The molecule has 0 fully saturated rings. The Morgan fingerprint density at radius 2 is 1.79 bits per heavy atom. The van der Waals surface area contributed by atoms with Crippen LogP contribution in [0.3, 0.4) is 0 Å². The summed E-state index contributed by atoms with van der Waals surface area (Å²) in [6, 6.07) is 14.5. The lowest BCUT2D eigenvalue weighted by Crippen LogP contribution is -1.99. The molecule has 0 saturated heterocycles. The van der Waals surface area contributed by atoms with Crippen molar-refractivity contribution in [2.24, 2.45) is 0 Å². The van der Waals surface area contributed by atoms with Gasteiger partial charge in [0.1, 0.15) is 0 Å². The summed E-state index contributed by atoms with van der Waals surface area (Å²) in [5, 5.41) is 15.7. The highest BCUT2D eigenvalue weighted by Gasteiger charge is 2.14. The molecule has 2 heterocycles. The Bertz CT molecular complexity index is 1050. The second kappa shape index (κ2) is 5.89. The fourth-order valence-corrected chi connectivity index (χ4v) is 3.51. The Hall–Kier alpha value is -2.44. The summed E-state index contributed by atoms with van der Waals surface area (Å²) in [4.78, 5) is 1.17. The molecule has 0 aliphatic rings. The van der Waals surface area contributed by atoms with Crippen LogP contribution >= 0.6 is 11.9 Å². The van der Waals surface area contributed by atoms with Gasteiger partial charge in [-0.1, -0.05) is 36.4 Å². The molecule has 5 nitrogen and oxygen atoms in total. The van der Waals surface area contributed by atoms with Gasteiger partial charge in [0.05, 0.1) is 5.69 Å². The average molecular weight is 335 g/mol. The normalized spacial score (nSPS) is 11.5. The minimum Gasteiger partial charge on any atom is -0.263 e. The lowest BCUT2D eigenvalue weighted by molar-refractivity contribution is 0.914. The lowest BCUT2D eigenvalue weighted by Gasteiger charge is -2.08. The first kappa shape index (κ1) is 15.1. The van der Waals surface area contributed by atoms with E-state index in [9.17, 15) is 0 Å². The summed E-state index contributed by atoms with van der Waals surface area (Å²) in [7, 11) is 1.92. The van der Waals surface area contributed by atoms with Gasteiger partial charge in [0.15, 0.2) is 11.5 Å². The number of aromatic nitrogens is 4. The third kappa shape index (κ3) is 2.35. The van der Waals surface area contributed by atoms with E-state index in [-0.39, 0.29) is 0 Å². The molecular formula is C18H17N5S. The van der Waals surface area contributed by atoms with Crippen LogP contribution in [-0.4, -0.2) is 26.9 Å². The molecule has 0 saturated carbocycles. The van der Waals surface area contributed by atoms with Crippen LogP contribution in [0.15, 0.2) is 47.4 Å². The van der Waals surface area contributed by atoms with E-state index in [4.69, 9.17) is 5.10 Å². The summed E-state index contributed by atoms with van der Waals surface area (Å²) in [5.74, 6) is 0.761. The van der Waals surface area contributed by atoms with E-state index in [0.29, 0.717) is 0 Å². The maximum absolute atomic E-state index is 4.71. The van der Waals surface area contributed by atoms with Crippen LogP contribution in [-0.2, 0) is 0 Å². The van der Waals surface area contributed by atoms with Crippen LogP contribution in [0.5, 0.6) is 0 Å². The standard InChI is InChI=1S/C18H17N5S/c1-11-8-9-13(10-16(11)24-19-3)17-20-21-18-15-7-5-4-6-14(15)12(2)22-23(17)18/h4-10,19H,1-3H3. The van der Waals surface area contributed by atoms with Crippen molar-refractivity contribution in [3.8, 4) is 11.4 Å². The molecule has 0 unspecified atom stereocenters. The summed E-state index contributed by atoms with van der Waals surface area (Å²) in [5.41, 5.74) is 3.99. The smallest absolute Gasteiger partial charge is 0.186 e. The van der Waals surface area contributed by atoms with Gasteiger partial charge in [-0.15, -0.1) is 10.2 Å². The van der Waals surface area contributed by atoms with E-state index < -0.39 is 0 Å². The summed E-state index contributed by atoms with van der Waals surface area (Å²) in [6.45, 7) is 4.12. The fraction of sp³-hybridized carbons (Fsp3) is 0.167. The molecular weight excluding hydrogens is 318 g/mol. The van der Waals surface area contributed by atoms with Crippen molar-refractivity contribution in [2.45, 2.75) is 18.7 Å². The Morgan fingerprint density at radius 1 is 1.00 bits per heavy atom. The van der Waals surface area contributed by atoms with Crippen molar-refractivity contribution < 1.29 is 0 Å². The van der Waals surface area contributed by atoms with Crippen LogP contribution in [0.4, 0.5) is 0 Å². The first-order chi connectivity index (χ1) is 11.7. The van der Waals surface area contributed by atoms with E-state index in [1.165, 1.54) is 10.5 Å². The zero-order valence-corrected chi connectivity index (χ0v) is 14.6. The number of aryl methyl sites for hydroxylation is 2. The number of benzene rings is 2. The third-order valence-corrected chi connectivity index (χ3v) is 4.97. The molecule has 2 aromatic heterocycles. The molecule has 0 atom stereocenters. The van der Waals surface area contributed by atoms with Gasteiger partial charge >= 0.3 is 0 Å². The fourth-order valence-electron chi connectivity index (χ4n) is 2.88. The number of nitrogens with one attached hydrogen (secondary N) is 1. The van der Waals surface area contributed by atoms with Crippen LogP contribution in [0.25, 0.3) is 27.8 Å². The summed E-state index contributed by atoms with van der Waals surface area (Å²) < 4.78 is 4.97. The molecule has 1 N–H and O–H groups in total. The molecule has 4 aromatic rings. The van der Waals surface area contributed by atoms with Crippen molar-refractivity contribution in [3.63, 3.8) is 0 Å². The number of hydrogen-bond acceptors (Lipinski definition) is 5. The molecule has 120 valence electrons. The number of rotatable bonds is 3. The van der Waals surface area contributed by atoms with Gasteiger partial charge in [-0.3, -0.25) is 4.72 Å². The zero-order chi connectivity index (χ0) is 16.7. The van der Waals surface area contributed by atoms with Gasteiger partial charge in [0, 0.05) is 21.2 Å². The molecule has 24 heavy (non-hydrogen) atoms. The van der Waals surface area contributed by atoms with Gasteiger partial charge in [0.25, 0.3) is 0 Å². The molecule has 6 heteroatoms. The molecule has 0 spiro atoms.